The molecular weight excluding hydrogens is 563 g/mol. The molecule has 5 atom stereocenters. The molecule has 0 aromatic heterocycles. The quantitative estimate of drug-likeness (QED) is 0.278. The molecule has 1 aromatic carbocycles. The van der Waals surface area contributed by atoms with E-state index in [4.69, 9.17) is 9.47 Å². The number of ether oxygens (including phenoxy) is 2. The fourth-order valence-electron chi connectivity index (χ4n) is 8.96. The Morgan fingerprint density at radius 2 is 1.64 bits per heavy atom. The number of amides is 2. The molecule has 5 saturated carbocycles. The second kappa shape index (κ2) is 12.9. The molecular formula is C35H49FN2O6. The number of aliphatic carboxylic acids is 1. The standard InChI is InChI=1S/C35H49FN2O6/c1-35(34(41)42)14-12-24(13-15-35)44-29-17-25(28(43-2)18-27(29)36)32(39)38-31-23-11-10-22(16-23)30(31)33(40)37-19-26(21-8-9-21)20-6-4-3-5-7-20/h17-18,20-24,26,30-31H,3-16,19H2,1-2H3,(H,37,40)(H,38,39)(H,41,42)/t22-,23+,24?,26?,30+,31-,35?/m1/s1. The van der Waals surface area contributed by atoms with Gasteiger partial charge in [-0.25, -0.2) is 4.39 Å². The summed E-state index contributed by atoms with van der Waals surface area (Å²) in [5.41, 5.74) is -0.634. The minimum Gasteiger partial charge on any atom is -0.496 e. The highest BCUT2D eigenvalue weighted by molar-refractivity contribution is 5.98. The first-order chi connectivity index (χ1) is 21.2. The maximum Gasteiger partial charge on any atom is 0.309 e. The summed E-state index contributed by atoms with van der Waals surface area (Å²) in [6.07, 6.45) is 13.5. The highest BCUT2D eigenvalue weighted by Crippen LogP contribution is 2.49. The summed E-state index contributed by atoms with van der Waals surface area (Å²) in [6, 6.07) is 2.28. The lowest BCUT2D eigenvalue weighted by atomic mass is 9.75. The van der Waals surface area contributed by atoms with Gasteiger partial charge < -0.3 is 25.2 Å². The molecule has 6 rings (SSSR count). The van der Waals surface area contributed by atoms with Crippen LogP contribution in [0.2, 0.25) is 0 Å². The molecule has 242 valence electrons. The third-order valence-corrected chi connectivity index (χ3v) is 11.9. The van der Waals surface area contributed by atoms with Crippen LogP contribution in [0.5, 0.6) is 11.5 Å². The van der Waals surface area contributed by atoms with E-state index in [2.05, 4.69) is 10.6 Å². The van der Waals surface area contributed by atoms with Crippen LogP contribution in [0.15, 0.2) is 12.1 Å². The van der Waals surface area contributed by atoms with E-state index in [-0.39, 0.29) is 52.9 Å². The molecule has 3 N–H and O–H groups in total. The number of carbonyl (C=O) groups excluding carboxylic acids is 2. The Kier molecular flexibility index (Phi) is 9.12. The zero-order valence-corrected chi connectivity index (χ0v) is 26.2. The molecule has 2 amide bonds. The number of methoxy groups -OCH3 is 1. The van der Waals surface area contributed by atoms with Gasteiger partial charge in [-0.05, 0) is 100 Å². The summed E-state index contributed by atoms with van der Waals surface area (Å²) in [5, 5.41) is 16.0. The van der Waals surface area contributed by atoms with Crippen molar-refractivity contribution in [2.24, 2.45) is 40.9 Å². The minimum atomic E-state index is -0.829. The predicted octanol–water partition coefficient (Wildman–Crippen LogP) is 6.11. The van der Waals surface area contributed by atoms with E-state index in [1.807, 2.05) is 0 Å². The molecule has 5 fully saturated rings. The average Bonchev–Trinajstić information content (AvgIpc) is 3.65. The van der Waals surface area contributed by atoms with Crippen LogP contribution >= 0.6 is 0 Å². The van der Waals surface area contributed by atoms with E-state index in [0.717, 1.165) is 31.7 Å². The molecule has 1 aromatic rings. The maximum absolute atomic E-state index is 15.1. The second-order valence-electron chi connectivity index (χ2n) is 14.7. The van der Waals surface area contributed by atoms with Crippen LogP contribution in [0.3, 0.4) is 0 Å². The van der Waals surface area contributed by atoms with Gasteiger partial charge >= 0.3 is 5.97 Å². The first-order valence-corrected chi connectivity index (χ1v) is 17.0. The second-order valence-corrected chi connectivity index (χ2v) is 14.7. The molecule has 0 aliphatic heterocycles. The zero-order chi connectivity index (χ0) is 31.0. The fourth-order valence-corrected chi connectivity index (χ4v) is 8.96. The van der Waals surface area contributed by atoms with Crippen LogP contribution in [-0.4, -0.2) is 48.7 Å². The normalized spacial score (nSPS) is 32.6. The highest BCUT2D eigenvalue weighted by Gasteiger charge is 2.52. The predicted molar refractivity (Wildman–Crippen MR) is 163 cm³/mol. The van der Waals surface area contributed by atoms with E-state index in [1.165, 1.54) is 64.2 Å². The van der Waals surface area contributed by atoms with Crippen molar-refractivity contribution in [1.29, 1.82) is 0 Å². The van der Waals surface area contributed by atoms with Gasteiger partial charge in [0.05, 0.1) is 30.1 Å². The molecule has 0 radical (unpaired) electrons. The van der Waals surface area contributed by atoms with E-state index in [1.54, 1.807) is 6.92 Å². The van der Waals surface area contributed by atoms with Gasteiger partial charge in [-0.15, -0.1) is 0 Å². The van der Waals surface area contributed by atoms with Gasteiger partial charge in [-0.3, -0.25) is 14.4 Å². The molecule has 8 nitrogen and oxygen atoms in total. The molecule has 0 heterocycles. The van der Waals surface area contributed by atoms with Crippen molar-refractivity contribution in [2.75, 3.05) is 13.7 Å². The van der Waals surface area contributed by atoms with Crippen LogP contribution in [0, 0.1) is 46.7 Å². The molecule has 0 spiro atoms. The highest BCUT2D eigenvalue weighted by atomic mass is 19.1. The first kappa shape index (κ1) is 31.2. The van der Waals surface area contributed by atoms with Crippen molar-refractivity contribution < 1.29 is 33.4 Å². The lowest BCUT2D eigenvalue weighted by Gasteiger charge is -2.34. The van der Waals surface area contributed by atoms with Gasteiger partial charge in [0.1, 0.15) is 5.75 Å². The van der Waals surface area contributed by atoms with Crippen molar-refractivity contribution in [3.05, 3.63) is 23.5 Å². The third kappa shape index (κ3) is 6.43. The van der Waals surface area contributed by atoms with Gasteiger partial charge in [0.15, 0.2) is 11.6 Å². The van der Waals surface area contributed by atoms with Gasteiger partial charge in [-0.1, -0.05) is 32.1 Å². The fraction of sp³-hybridized carbons (Fsp3) is 0.743. The lowest BCUT2D eigenvalue weighted by Crippen LogP contribution is -2.50. The summed E-state index contributed by atoms with van der Waals surface area (Å²) in [5.74, 6) is 0.515. The zero-order valence-electron chi connectivity index (χ0n) is 26.2. The number of benzene rings is 1. The summed E-state index contributed by atoms with van der Waals surface area (Å²) < 4.78 is 26.5. The Morgan fingerprint density at radius 3 is 2.30 bits per heavy atom. The van der Waals surface area contributed by atoms with Crippen LogP contribution in [-0.2, 0) is 9.59 Å². The Balaban J connectivity index is 1.12. The maximum atomic E-state index is 15.1. The van der Waals surface area contributed by atoms with Gasteiger partial charge in [0, 0.05) is 18.7 Å². The van der Waals surface area contributed by atoms with Crippen molar-refractivity contribution in [1.82, 2.24) is 10.6 Å². The van der Waals surface area contributed by atoms with E-state index in [9.17, 15) is 19.5 Å². The minimum absolute atomic E-state index is 0.0454. The van der Waals surface area contributed by atoms with Gasteiger partial charge in [-0.2, -0.15) is 0 Å². The van der Waals surface area contributed by atoms with E-state index < -0.39 is 23.1 Å². The van der Waals surface area contributed by atoms with Crippen LogP contribution < -0.4 is 20.1 Å². The topological polar surface area (TPSA) is 114 Å². The molecule has 44 heavy (non-hydrogen) atoms. The molecule has 2 bridgehead atoms. The van der Waals surface area contributed by atoms with E-state index in [0.29, 0.717) is 37.5 Å². The van der Waals surface area contributed by atoms with Crippen LogP contribution in [0.1, 0.15) is 107 Å². The Labute approximate surface area is 260 Å². The first-order valence-electron chi connectivity index (χ1n) is 17.0. The number of hydrogen-bond donors (Lipinski definition) is 3. The summed E-state index contributed by atoms with van der Waals surface area (Å²) in [7, 11) is 1.40. The van der Waals surface area contributed by atoms with Gasteiger partial charge in [0.25, 0.3) is 5.91 Å². The molecule has 5 aliphatic carbocycles. The summed E-state index contributed by atoms with van der Waals surface area (Å²) in [6.45, 7) is 2.47. The molecule has 0 saturated heterocycles. The monoisotopic (exact) mass is 612 g/mol. The molecule has 9 heteroatoms. The number of nitrogens with one attached hydrogen (secondary N) is 2. The summed E-state index contributed by atoms with van der Waals surface area (Å²) in [4.78, 5) is 39.1. The molecule has 5 aliphatic rings. The number of fused-ring (bicyclic) bond motifs is 2. The number of hydrogen-bond acceptors (Lipinski definition) is 5. The van der Waals surface area contributed by atoms with Crippen LogP contribution in [0.25, 0.3) is 0 Å². The Hall–Kier alpha value is -2.84. The molecule has 1 unspecified atom stereocenters. The van der Waals surface area contributed by atoms with E-state index >= 15 is 4.39 Å². The van der Waals surface area contributed by atoms with Crippen molar-refractivity contribution in [3.8, 4) is 11.5 Å². The average molecular weight is 613 g/mol. The van der Waals surface area contributed by atoms with Crippen molar-refractivity contribution >= 4 is 17.8 Å². The number of rotatable bonds is 11. The Bertz CT molecular complexity index is 1240. The van der Waals surface area contributed by atoms with Crippen LogP contribution in [0.4, 0.5) is 4.39 Å². The number of halogens is 1. The summed E-state index contributed by atoms with van der Waals surface area (Å²) >= 11 is 0. The number of carboxylic acids is 1. The number of carbonyl (C=O) groups is 3. The van der Waals surface area contributed by atoms with Crippen molar-refractivity contribution in [2.45, 2.75) is 109 Å². The SMILES string of the molecule is COc1cc(F)c(OC2CCC(C)(C(=O)O)CC2)cc1C(=O)N[C@@H]1[C@H]2CC[C@H](C2)[C@@H]1C(=O)NCC(C1CCCCC1)C1CC1. The Morgan fingerprint density at radius 1 is 0.955 bits per heavy atom. The van der Waals surface area contributed by atoms with Crippen molar-refractivity contribution in [3.63, 3.8) is 0 Å². The smallest absolute Gasteiger partial charge is 0.309 e. The largest absolute Gasteiger partial charge is 0.496 e. The third-order valence-electron chi connectivity index (χ3n) is 11.9. The lowest BCUT2D eigenvalue weighted by molar-refractivity contribution is -0.150. The number of carboxylic acid groups (broad SMARTS) is 1. The van der Waals surface area contributed by atoms with Gasteiger partial charge in [0.2, 0.25) is 5.91 Å².